The molecule has 19 heteroatoms. The van der Waals surface area contributed by atoms with E-state index in [0.29, 0.717) is 26.2 Å². The molecule has 0 aromatic heterocycles. The number of carbonyl (C=O) groups is 6. The van der Waals surface area contributed by atoms with Crippen molar-refractivity contribution >= 4 is 45.3 Å². The summed E-state index contributed by atoms with van der Waals surface area (Å²) in [4.78, 5) is 92.6. The fourth-order valence-electron chi connectivity index (χ4n) is 11.9. The lowest BCUT2D eigenvalue weighted by Crippen LogP contribution is -2.65. The van der Waals surface area contributed by atoms with Crippen molar-refractivity contribution in [3.63, 3.8) is 0 Å². The van der Waals surface area contributed by atoms with Crippen LogP contribution in [0.15, 0.2) is 107 Å². The van der Waals surface area contributed by atoms with Gasteiger partial charge in [0, 0.05) is 52.4 Å². The molecule has 2 fully saturated rings. The number of rotatable bonds is 18. The number of piperazine rings is 2. The monoisotopic (exact) mass is 1160 g/mol. The third-order valence-corrected chi connectivity index (χ3v) is 19.0. The van der Waals surface area contributed by atoms with Gasteiger partial charge in [0.2, 0.25) is 45.3 Å². The number of aryl methyl sites for hydroxylation is 2. The number of amides is 6. The number of likely N-dealkylation sites (N-methyl/N-ethyl adjacent to an activating group) is 2. The molecular formula is C64H88N10O8S. The fourth-order valence-corrected chi connectivity index (χ4v) is 13.2. The first-order valence-corrected chi connectivity index (χ1v) is 31.1. The van der Waals surface area contributed by atoms with Crippen molar-refractivity contribution in [2.24, 2.45) is 10.8 Å². The molecule has 4 aromatic carbocycles. The third-order valence-electron chi connectivity index (χ3n) is 17.2. The van der Waals surface area contributed by atoms with E-state index < -0.39 is 56.9 Å². The number of fused-ring (bicyclic) bond motifs is 2. The van der Waals surface area contributed by atoms with Gasteiger partial charge in [-0.3, -0.25) is 38.6 Å². The van der Waals surface area contributed by atoms with Gasteiger partial charge in [-0.25, -0.2) is 8.42 Å². The van der Waals surface area contributed by atoms with Crippen LogP contribution in [0.2, 0.25) is 0 Å². The number of nitrogens with zero attached hydrogens (tertiary/aromatic N) is 4. The first-order chi connectivity index (χ1) is 39.4. The van der Waals surface area contributed by atoms with Gasteiger partial charge in [0.05, 0.1) is 34.0 Å². The molecular weight excluding hydrogens is 1070 g/mol. The molecule has 0 spiro atoms. The van der Waals surface area contributed by atoms with E-state index in [1.54, 1.807) is 86.3 Å². The van der Waals surface area contributed by atoms with Crippen LogP contribution in [0.25, 0.3) is 0 Å². The van der Waals surface area contributed by atoms with Gasteiger partial charge >= 0.3 is 0 Å². The van der Waals surface area contributed by atoms with Crippen LogP contribution in [0.5, 0.6) is 0 Å². The molecule has 2 aliphatic carbocycles. The second kappa shape index (κ2) is 26.6. The maximum atomic E-state index is 14.7. The normalized spacial score (nSPS) is 21.3. The van der Waals surface area contributed by atoms with Crippen molar-refractivity contribution in [2.75, 3.05) is 53.4 Å². The molecule has 0 radical (unpaired) electrons. The third kappa shape index (κ3) is 14.9. The number of nitrogens with one attached hydrogen (secondary N) is 6. The maximum absolute atomic E-state index is 14.7. The Kier molecular flexibility index (Phi) is 20.0. The summed E-state index contributed by atoms with van der Waals surface area (Å²) in [6, 6.07) is 24.8. The average Bonchev–Trinajstić information content (AvgIpc) is 3.55. The Hall–Kier alpha value is -6.51. The van der Waals surface area contributed by atoms with Crippen LogP contribution in [0, 0.1) is 10.8 Å². The molecule has 83 heavy (non-hydrogen) atoms. The Balaban J connectivity index is 0.950. The number of carbonyl (C=O) groups excluding carboxylic acids is 6. The molecule has 448 valence electrons. The smallest absolute Gasteiger partial charge is 0.246 e. The second-order valence-corrected chi connectivity index (χ2v) is 27.2. The topological polar surface area (TPSA) is 222 Å². The van der Waals surface area contributed by atoms with E-state index >= 15 is 0 Å². The highest BCUT2D eigenvalue weighted by Crippen LogP contribution is 2.33. The molecule has 2 aliphatic heterocycles. The molecule has 6 amide bonds. The largest absolute Gasteiger partial charge is 0.347 e. The molecule has 4 aliphatic rings. The predicted octanol–water partition coefficient (Wildman–Crippen LogP) is 5.21. The van der Waals surface area contributed by atoms with Crippen LogP contribution < -0.4 is 31.9 Å². The molecule has 6 N–H and O–H groups in total. The summed E-state index contributed by atoms with van der Waals surface area (Å²) in [7, 11) is -0.578. The lowest BCUT2D eigenvalue weighted by atomic mass is 9.85. The molecule has 0 saturated carbocycles. The molecule has 0 unspecified atom stereocenters. The lowest BCUT2D eigenvalue weighted by molar-refractivity contribution is -0.149. The zero-order valence-corrected chi connectivity index (χ0v) is 51.0. The van der Waals surface area contributed by atoms with E-state index in [4.69, 9.17) is 0 Å². The summed E-state index contributed by atoms with van der Waals surface area (Å²) < 4.78 is 28.4. The molecule has 4 aromatic rings. The van der Waals surface area contributed by atoms with E-state index in [0.717, 1.165) is 60.8 Å². The minimum Gasteiger partial charge on any atom is -0.347 e. The van der Waals surface area contributed by atoms with Gasteiger partial charge in [0.1, 0.15) is 24.2 Å². The minimum atomic E-state index is -3.94. The highest BCUT2D eigenvalue weighted by atomic mass is 32.2. The minimum absolute atomic E-state index is 0.123. The molecule has 8 rings (SSSR count). The van der Waals surface area contributed by atoms with Gasteiger partial charge < -0.3 is 41.7 Å². The van der Waals surface area contributed by atoms with Crippen molar-refractivity contribution in [2.45, 2.75) is 165 Å². The Labute approximate surface area is 491 Å². The SMILES string of the molecule is CN[C@@H](C)C(=O)N[C@H](C(=O)N1CCN(Cc2ccc(S(=O)(=O)c3ccc(CN4CCN(C(=O)[C@@H](NC(=O)[C@H](C)NC)C(C)(C)C)[C@H](C(=O)N[C@@H]5CCCc6ccccc65)C4)cc3)cc2)C[C@H]1C(=O)N[C@@H]1CCCc2ccccc21)C(C)(C)C. The summed E-state index contributed by atoms with van der Waals surface area (Å²) in [5.74, 6) is -1.81. The van der Waals surface area contributed by atoms with Crippen molar-refractivity contribution in [1.82, 2.24) is 51.5 Å². The van der Waals surface area contributed by atoms with E-state index in [9.17, 15) is 37.2 Å². The van der Waals surface area contributed by atoms with Crippen LogP contribution in [0.1, 0.15) is 127 Å². The Morgan fingerprint density at radius 1 is 0.530 bits per heavy atom. The number of hydrogen-bond donors (Lipinski definition) is 6. The second-order valence-electron chi connectivity index (χ2n) is 25.3. The van der Waals surface area contributed by atoms with E-state index in [-0.39, 0.29) is 83.5 Å². The van der Waals surface area contributed by atoms with Crippen LogP contribution in [0.4, 0.5) is 0 Å². The zero-order chi connectivity index (χ0) is 60.0. The van der Waals surface area contributed by atoms with Crippen LogP contribution in [0.3, 0.4) is 0 Å². The summed E-state index contributed by atoms with van der Waals surface area (Å²) in [6.45, 7) is 17.5. The number of sulfone groups is 1. The van der Waals surface area contributed by atoms with Gasteiger partial charge in [-0.15, -0.1) is 0 Å². The predicted molar refractivity (Wildman–Crippen MR) is 320 cm³/mol. The Bertz CT molecular complexity index is 2890. The van der Waals surface area contributed by atoms with Crippen LogP contribution in [-0.4, -0.2) is 153 Å². The van der Waals surface area contributed by atoms with E-state index in [1.807, 2.05) is 65.8 Å². The number of hydrogen-bond acceptors (Lipinski definition) is 12. The molecule has 2 saturated heterocycles. The van der Waals surface area contributed by atoms with Gasteiger partial charge in [-0.1, -0.05) is 114 Å². The van der Waals surface area contributed by atoms with Gasteiger partial charge in [0.15, 0.2) is 0 Å². The standard InChI is InChI=1S/C64H88N10O8S/c1-41(65-9)57(75)69-55(63(3,4)5)61(79)73-35-33-71(39-53(73)59(77)67-51-23-15-19-45-17-11-13-21-49(45)51)37-43-25-29-47(30-26-43)83(81,82)48-31-27-44(28-32-48)38-72-34-36-74(62(80)56(64(6,7)8)70-58(76)42(2)66-10)54(40-72)60(78)68-52-24-16-20-46-18-12-14-22-50(46)52/h11-14,17-18,21-22,25-32,41-42,51-56,65-66H,15-16,19-20,23-24,33-40H2,1-10H3,(H,67,77)(H,68,78)(H,69,75)(H,70,76)/t41-,42-,51+,52+,53-,54-,55+,56+/m0/s1. The van der Waals surface area contributed by atoms with Gasteiger partial charge in [-0.05, 0) is 135 Å². The molecule has 18 nitrogen and oxygen atoms in total. The molecule has 2 heterocycles. The van der Waals surface area contributed by atoms with Crippen LogP contribution >= 0.6 is 0 Å². The van der Waals surface area contributed by atoms with Crippen LogP contribution in [-0.2, 0) is 64.5 Å². The quantitative estimate of drug-likeness (QED) is 0.0757. The summed E-state index contributed by atoms with van der Waals surface area (Å²) in [5, 5.41) is 18.4. The van der Waals surface area contributed by atoms with Gasteiger partial charge in [-0.2, -0.15) is 0 Å². The Morgan fingerprint density at radius 3 is 1.24 bits per heavy atom. The lowest BCUT2D eigenvalue weighted by Gasteiger charge is -2.44. The molecule has 0 bridgehead atoms. The van der Waals surface area contributed by atoms with Crippen molar-refractivity contribution in [3.05, 3.63) is 130 Å². The van der Waals surface area contributed by atoms with Crippen molar-refractivity contribution < 1.29 is 37.2 Å². The highest BCUT2D eigenvalue weighted by molar-refractivity contribution is 7.91. The van der Waals surface area contributed by atoms with E-state index in [2.05, 4.69) is 66.0 Å². The summed E-state index contributed by atoms with van der Waals surface area (Å²) in [5.41, 5.74) is 4.90. The maximum Gasteiger partial charge on any atom is 0.246 e. The zero-order valence-electron chi connectivity index (χ0n) is 50.2. The van der Waals surface area contributed by atoms with E-state index in [1.165, 1.54) is 11.1 Å². The van der Waals surface area contributed by atoms with Crippen molar-refractivity contribution in [1.29, 1.82) is 0 Å². The van der Waals surface area contributed by atoms with Gasteiger partial charge in [0.25, 0.3) is 0 Å². The fraction of sp³-hybridized carbons (Fsp3) is 0.531. The van der Waals surface area contributed by atoms with Crippen molar-refractivity contribution in [3.8, 4) is 0 Å². The molecule has 8 atom stereocenters. The number of benzene rings is 4. The highest BCUT2D eigenvalue weighted by Gasteiger charge is 2.45. The Morgan fingerprint density at radius 2 is 0.892 bits per heavy atom. The summed E-state index contributed by atoms with van der Waals surface area (Å²) in [6.07, 6.45) is 5.25. The first kappa shape index (κ1) is 62.5. The summed E-state index contributed by atoms with van der Waals surface area (Å²) >= 11 is 0. The average molecular weight is 1160 g/mol. The first-order valence-electron chi connectivity index (χ1n) is 29.6.